The zero-order valence-corrected chi connectivity index (χ0v) is 11.6. The Bertz CT molecular complexity index is 413. The highest BCUT2D eigenvalue weighted by Gasteiger charge is 2.23. The van der Waals surface area contributed by atoms with Gasteiger partial charge in [-0.25, -0.2) is 4.79 Å². The van der Waals surface area contributed by atoms with Gasteiger partial charge in [-0.3, -0.25) is 0 Å². The topological polar surface area (TPSA) is 50.4 Å². The molecule has 1 atom stereocenters. The summed E-state index contributed by atoms with van der Waals surface area (Å²) in [5, 5.41) is 5.90. The monoisotopic (exact) mass is 262 g/mol. The predicted octanol–water partition coefficient (Wildman–Crippen LogP) is 2.48. The van der Waals surface area contributed by atoms with Gasteiger partial charge in [-0.2, -0.15) is 0 Å². The zero-order valence-electron chi connectivity index (χ0n) is 11.6. The lowest BCUT2D eigenvalue weighted by molar-refractivity contribution is 0.237. The summed E-state index contributed by atoms with van der Waals surface area (Å²) in [4.78, 5) is 11.6. The number of hydrogen-bond acceptors (Lipinski definition) is 2. The fourth-order valence-corrected chi connectivity index (χ4v) is 1.93. The Morgan fingerprint density at radius 3 is 2.63 bits per heavy atom. The van der Waals surface area contributed by atoms with E-state index in [2.05, 4.69) is 22.8 Å². The maximum atomic E-state index is 11.6. The van der Waals surface area contributed by atoms with Crippen LogP contribution in [-0.2, 0) is 6.42 Å². The molecular formula is C15H22N2O2. The third-order valence-corrected chi connectivity index (χ3v) is 3.32. The predicted molar refractivity (Wildman–Crippen MR) is 75.5 cm³/mol. The summed E-state index contributed by atoms with van der Waals surface area (Å²) in [5.74, 6) is 0.874. The van der Waals surface area contributed by atoms with Crippen molar-refractivity contribution in [2.45, 2.75) is 44.7 Å². The van der Waals surface area contributed by atoms with E-state index < -0.39 is 0 Å². The number of carbonyl (C=O) groups excluding carboxylic acids is 1. The smallest absolute Gasteiger partial charge is 0.315 e. The molecule has 0 aromatic heterocycles. The molecule has 0 spiro atoms. The van der Waals surface area contributed by atoms with Crippen molar-refractivity contribution in [3.05, 3.63) is 29.8 Å². The molecule has 19 heavy (non-hydrogen) atoms. The number of carbonyl (C=O) groups is 1. The molecule has 0 bridgehead atoms. The van der Waals surface area contributed by atoms with Crippen LogP contribution in [0.1, 0.15) is 31.7 Å². The first-order valence-corrected chi connectivity index (χ1v) is 6.87. The van der Waals surface area contributed by atoms with Crippen LogP contribution in [-0.4, -0.2) is 25.2 Å². The molecule has 0 radical (unpaired) electrons. The van der Waals surface area contributed by atoms with Crippen molar-refractivity contribution < 1.29 is 9.53 Å². The molecule has 1 aromatic rings. The Hall–Kier alpha value is -1.71. The van der Waals surface area contributed by atoms with E-state index in [-0.39, 0.29) is 12.1 Å². The van der Waals surface area contributed by atoms with E-state index in [9.17, 15) is 4.79 Å². The van der Waals surface area contributed by atoms with E-state index in [0.29, 0.717) is 6.04 Å². The summed E-state index contributed by atoms with van der Waals surface area (Å²) in [6.07, 6.45) is 4.13. The summed E-state index contributed by atoms with van der Waals surface area (Å²) in [5.41, 5.74) is 1.26. The number of ether oxygens (including phenoxy) is 1. The fraction of sp³-hybridized carbons (Fsp3) is 0.533. The SMILES string of the molecule is COc1ccc(CC[C@H](C)NC(=O)NC2CC2)cc1. The Morgan fingerprint density at radius 2 is 2.05 bits per heavy atom. The number of nitrogens with one attached hydrogen (secondary N) is 2. The molecule has 4 nitrogen and oxygen atoms in total. The van der Waals surface area contributed by atoms with Crippen molar-refractivity contribution in [1.29, 1.82) is 0 Å². The van der Waals surface area contributed by atoms with Gasteiger partial charge in [0.2, 0.25) is 0 Å². The molecule has 2 rings (SSSR count). The van der Waals surface area contributed by atoms with Crippen LogP contribution in [0, 0.1) is 0 Å². The summed E-state index contributed by atoms with van der Waals surface area (Å²) in [6, 6.07) is 8.62. The number of rotatable bonds is 6. The molecule has 2 amide bonds. The summed E-state index contributed by atoms with van der Waals surface area (Å²) in [7, 11) is 1.67. The second-order valence-electron chi connectivity index (χ2n) is 5.18. The summed E-state index contributed by atoms with van der Waals surface area (Å²) in [6.45, 7) is 2.04. The number of aryl methyl sites for hydroxylation is 1. The first kappa shape index (κ1) is 13.7. The van der Waals surface area contributed by atoms with Crippen LogP contribution >= 0.6 is 0 Å². The number of methoxy groups -OCH3 is 1. The Morgan fingerprint density at radius 1 is 1.37 bits per heavy atom. The second kappa shape index (κ2) is 6.45. The van der Waals surface area contributed by atoms with Crippen LogP contribution in [0.25, 0.3) is 0 Å². The Kier molecular flexibility index (Phi) is 4.66. The summed E-state index contributed by atoms with van der Waals surface area (Å²) >= 11 is 0. The average molecular weight is 262 g/mol. The average Bonchev–Trinajstić information content (AvgIpc) is 3.20. The normalized spacial score (nSPS) is 15.7. The van der Waals surface area contributed by atoms with E-state index in [1.807, 2.05) is 19.1 Å². The van der Waals surface area contributed by atoms with E-state index in [4.69, 9.17) is 4.74 Å². The van der Waals surface area contributed by atoms with E-state index in [0.717, 1.165) is 31.4 Å². The second-order valence-corrected chi connectivity index (χ2v) is 5.18. The van der Waals surface area contributed by atoms with Gasteiger partial charge in [0.25, 0.3) is 0 Å². The highest BCUT2D eigenvalue weighted by molar-refractivity contribution is 5.74. The first-order chi connectivity index (χ1) is 9.17. The third-order valence-electron chi connectivity index (χ3n) is 3.32. The zero-order chi connectivity index (χ0) is 13.7. The third kappa shape index (κ3) is 4.81. The van der Waals surface area contributed by atoms with Gasteiger partial charge in [-0.1, -0.05) is 12.1 Å². The minimum Gasteiger partial charge on any atom is -0.497 e. The molecule has 1 saturated carbocycles. The molecule has 1 fully saturated rings. The van der Waals surface area contributed by atoms with Crippen LogP contribution in [0.3, 0.4) is 0 Å². The largest absolute Gasteiger partial charge is 0.497 e. The van der Waals surface area contributed by atoms with E-state index in [1.165, 1.54) is 5.56 Å². The van der Waals surface area contributed by atoms with Crippen LogP contribution in [0.5, 0.6) is 5.75 Å². The van der Waals surface area contributed by atoms with Gasteiger partial charge in [0.15, 0.2) is 0 Å². The van der Waals surface area contributed by atoms with Gasteiger partial charge in [0, 0.05) is 12.1 Å². The van der Waals surface area contributed by atoms with Gasteiger partial charge < -0.3 is 15.4 Å². The molecule has 1 aliphatic carbocycles. The molecule has 0 saturated heterocycles. The number of benzene rings is 1. The Balaban J connectivity index is 1.69. The minimum absolute atomic E-state index is 0.0373. The molecule has 2 N–H and O–H groups in total. The lowest BCUT2D eigenvalue weighted by Crippen LogP contribution is -2.41. The van der Waals surface area contributed by atoms with Gasteiger partial charge in [0.05, 0.1) is 7.11 Å². The quantitative estimate of drug-likeness (QED) is 0.827. The first-order valence-electron chi connectivity index (χ1n) is 6.87. The number of hydrogen-bond donors (Lipinski definition) is 2. The molecule has 4 heteroatoms. The van der Waals surface area contributed by atoms with Crippen LogP contribution in [0.4, 0.5) is 4.79 Å². The van der Waals surface area contributed by atoms with Gasteiger partial charge >= 0.3 is 6.03 Å². The lowest BCUT2D eigenvalue weighted by atomic mass is 10.1. The van der Waals surface area contributed by atoms with Crippen molar-refractivity contribution in [1.82, 2.24) is 10.6 Å². The van der Waals surface area contributed by atoms with E-state index >= 15 is 0 Å². The van der Waals surface area contributed by atoms with Crippen LogP contribution in [0.15, 0.2) is 24.3 Å². The molecule has 1 aromatic carbocycles. The van der Waals surface area contributed by atoms with Crippen molar-refractivity contribution in [2.75, 3.05) is 7.11 Å². The maximum Gasteiger partial charge on any atom is 0.315 e. The standard InChI is InChI=1S/C15H22N2O2/c1-11(16-15(18)17-13-7-8-13)3-4-12-5-9-14(19-2)10-6-12/h5-6,9-11,13H,3-4,7-8H2,1-2H3,(H2,16,17,18)/t11-/m0/s1. The minimum atomic E-state index is -0.0373. The van der Waals surface area contributed by atoms with Gasteiger partial charge in [-0.05, 0) is 50.3 Å². The molecule has 1 aliphatic rings. The highest BCUT2D eigenvalue weighted by Crippen LogP contribution is 2.18. The van der Waals surface area contributed by atoms with Gasteiger partial charge in [-0.15, -0.1) is 0 Å². The number of urea groups is 1. The summed E-state index contributed by atoms with van der Waals surface area (Å²) < 4.78 is 5.12. The van der Waals surface area contributed by atoms with E-state index in [1.54, 1.807) is 7.11 Å². The highest BCUT2D eigenvalue weighted by atomic mass is 16.5. The molecular weight excluding hydrogens is 240 g/mol. The molecule has 0 unspecified atom stereocenters. The van der Waals surface area contributed by atoms with Gasteiger partial charge in [0.1, 0.15) is 5.75 Å². The lowest BCUT2D eigenvalue weighted by Gasteiger charge is -2.14. The van der Waals surface area contributed by atoms with Crippen molar-refractivity contribution >= 4 is 6.03 Å². The van der Waals surface area contributed by atoms with Crippen molar-refractivity contribution in [3.8, 4) is 5.75 Å². The maximum absolute atomic E-state index is 11.6. The fourth-order valence-electron chi connectivity index (χ4n) is 1.93. The molecule has 0 aliphatic heterocycles. The van der Waals surface area contributed by atoms with Crippen molar-refractivity contribution in [2.24, 2.45) is 0 Å². The van der Waals surface area contributed by atoms with Crippen LogP contribution < -0.4 is 15.4 Å². The number of amides is 2. The van der Waals surface area contributed by atoms with Crippen LogP contribution in [0.2, 0.25) is 0 Å². The molecule has 104 valence electrons. The molecule has 0 heterocycles. The Labute approximate surface area is 114 Å². The van der Waals surface area contributed by atoms with Crippen molar-refractivity contribution in [3.63, 3.8) is 0 Å².